The first-order valence-corrected chi connectivity index (χ1v) is 9.21. The molecule has 2 N–H and O–H groups in total. The molecule has 0 saturated heterocycles. The third kappa shape index (κ3) is 6.05. The van der Waals surface area contributed by atoms with E-state index in [9.17, 15) is 8.42 Å². The zero-order valence-electron chi connectivity index (χ0n) is 13.2. The van der Waals surface area contributed by atoms with E-state index in [2.05, 4.69) is 5.10 Å². The van der Waals surface area contributed by atoms with Gasteiger partial charge in [0, 0.05) is 12.0 Å². The first-order valence-electron chi connectivity index (χ1n) is 7.50. The van der Waals surface area contributed by atoms with Crippen LogP contribution in [0.3, 0.4) is 0 Å². The minimum atomic E-state index is -3.53. The molecule has 1 aromatic rings. The maximum Gasteiger partial charge on any atom is 0.209 e. The summed E-state index contributed by atoms with van der Waals surface area (Å²) in [6, 6.07) is 0. The number of primary sulfonamides is 1. The molecule has 0 aliphatic rings. The van der Waals surface area contributed by atoms with Gasteiger partial charge in [0.25, 0.3) is 0 Å². The number of hydrogen-bond donors (Lipinski definition) is 1. The molecule has 0 unspecified atom stereocenters. The molecule has 0 saturated carbocycles. The van der Waals surface area contributed by atoms with Crippen LogP contribution in [0.5, 0.6) is 5.75 Å². The van der Waals surface area contributed by atoms with Crippen LogP contribution in [0.1, 0.15) is 46.5 Å². The summed E-state index contributed by atoms with van der Waals surface area (Å²) in [5.74, 6) is 0.631. The Balaban J connectivity index is 2.83. The van der Waals surface area contributed by atoms with Gasteiger partial charge >= 0.3 is 0 Å². The Morgan fingerprint density at radius 1 is 1.29 bits per heavy atom. The van der Waals surface area contributed by atoms with Gasteiger partial charge in [0.15, 0.2) is 5.75 Å². The van der Waals surface area contributed by atoms with Gasteiger partial charge in [-0.3, -0.25) is 4.68 Å². The number of sulfonamides is 1. The summed E-state index contributed by atoms with van der Waals surface area (Å²) >= 11 is 0. The Hall–Kier alpha value is -1.08. The topological polar surface area (TPSA) is 87.2 Å². The fourth-order valence-electron chi connectivity index (χ4n) is 2.77. The molecular weight excluding hydrogens is 290 g/mol. The third-order valence-corrected chi connectivity index (χ3v) is 4.56. The van der Waals surface area contributed by atoms with Crippen LogP contribution in [0.2, 0.25) is 0 Å². The van der Waals surface area contributed by atoms with Gasteiger partial charge in [-0.1, -0.05) is 26.7 Å². The lowest BCUT2D eigenvalue weighted by molar-refractivity contribution is 0.141. The van der Waals surface area contributed by atoms with Crippen molar-refractivity contribution in [1.82, 2.24) is 9.78 Å². The van der Waals surface area contributed by atoms with E-state index in [0.717, 1.165) is 32.2 Å². The predicted octanol–water partition coefficient (Wildman–Crippen LogP) is 2.16. The Labute approximate surface area is 127 Å². The van der Waals surface area contributed by atoms with Crippen LogP contribution in [-0.2, 0) is 16.6 Å². The number of hydrogen-bond acceptors (Lipinski definition) is 4. The molecule has 6 nitrogen and oxygen atoms in total. The molecule has 0 amide bonds. The first kappa shape index (κ1) is 18.0. The van der Waals surface area contributed by atoms with Crippen LogP contribution in [0.25, 0.3) is 0 Å². The number of aromatic nitrogens is 2. The summed E-state index contributed by atoms with van der Waals surface area (Å²) in [5.41, 5.74) is -0.425. The van der Waals surface area contributed by atoms with Gasteiger partial charge in [-0.25, -0.2) is 13.6 Å². The highest BCUT2D eigenvalue weighted by Crippen LogP contribution is 2.32. The Kier molecular flexibility index (Phi) is 6.67. The number of aryl methyl sites for hydroxylation is 1. The van der Waals surface area contributed by atoms with Gasteiger partial charge in [0.1, 0.15) is 0 Å². The average molecular weight is 317 g/mol. The Bertz CT molecular complexity index is 519. The van der Waals surface area contributed by atoms with Crippen molar-refractivity contribution in [2.45, 2.75) is 53.0 Å². The molecule has 0 aliphatic heterocycles. The van der Waals surface area contributed by atoms with Gasteiger partial charge in [-0.2, -0.15) is 5.10 Å². The van der Waals surface area contributed by atoms with Gasteiger partial charge in [-0.15, -0.1) is 0 Å². The minimum Gasteiger partial charge on any atom is -0.490 e. The Morgan fingerprint density at radius 2 is 1.90 bits per heavy atom. The van der Waals surface area contributed by atoms with E-state index >= 15 is 0 Å². The molecule has 1 aromatic heterocycles. The van der Waals surface area contributed by atoms with Crippen molar-refractivity contribution in [2.24, 2.45) is 10.6 Å². The van der Waals surface area contributed by atoms with Crippen molar-refractivity contribution in [3.63, 3.8) is 0 Å². The summed E-state index contributed by atoms with van der Waals surface area (Å²) in [7, 11) is -3.53. The maximum absolute atomic E-state index is 11.6. The molecule has 1 heterocycles. The zero-order chi connectivity index (χ0) is 15.9. The van der Waals surface area contributed by atoms with Crippen LogP contribution < -0.4 is 9.88 Å². The summed E-state index contributed by atoms with van der Waals surface area (Å²) in [6.07, 6.45) is 6.82. The fourth-order valence-corrected chi connectivity index (χ4v) is 4.00. The lowest BCUT2D eigenvalue weighted by Gasteiger charge is -2.32. The van der Waals surface area contributed by atoms with Gasteiger partial charge in [-0.05, 0) is 19.8 Å². The molecule has 0 bridgehead atoms. The predicted molar refractivity (Wildman–Crippen MR) is 83.6 cm³/mol. The van der Waals surface area contributed by atoms with E-state index in [1.165, 1.54) is 0 Å². The second-order valence-corrected chi connectivity index (χ2v) is 7.24. The lowest BCUT2D eigenvalue weighted by atomic mass is 9.82. The molecular formula is C14H27N3O3S. The number of ether oxygens (including phenoxy) is 1. The minimum absolute atomic E-state index is 0.0381. The SMILES string of the molecule is CCCC(CCC)(COc1cnn(CC)c1)CS(N)(=O)=O. The first-order chi connectivity index (χ1) is 9.84. The molecule has 1 rings (SSSR count). The van der Waals surface area contributed by atoms with E-state index in [1.54, 1.807) is 10.9 Å². The Morgan fingerprint density at radius 3 is 2.33 bits per heavy atom. The highest BCUT2D eigenvalue weighted by molar-refractivity contribution is 7.89. The fraction of sp³-hybridized carbons (Fsp3) is 0.786. The van der Waals surface area contributed by atoms with Gasteiger partial charge < -0.3 is 4.74 Å². The second kappa shape index (κ2) is 7.79. The molecule has 0 aromatic carbocycles. The summed E-state index contributed by atoms with van der Waals surface area (Å²) in [4.78, 5) is 0. The molecule has 0 radical (unpaired) electrons. The largest absolute Gasteiger partial charge is 0.490 e. The van der Waals surface area contributed by atoms with E-state index in [4.69, 9.17) is 9.88 Å². The van der Waals surface area contributed by atoms with Crippen molar-refractivity contribution >= 4 is 10.0 Å². The molecule has 21 heavy (non-hydrogen) atoms. The normalized spacial score (nSPS) is 12.6. The van der Waals surface area contributed by atoms with Crippen molar-refractivity contribution in [3.05, 3.63) is 12.4 Å². The van der Waals surface area contributed by atoms with E-state index in [-0.39, 0.29) is 5.75 Å². The number of nitrogens with two attached hydrogens (primary N) is 1. The van der Waals surface area contributed by atoms with Crippen molar-refractivity contribution in [2.75, 3.05) is 12.4 Å². The van der Waals surface area contributed by atoms with Crippen molar-refractivity contribution in [1.29, 1.82) is 0 Å². The summed E-state index contributed by atoms with van der Waals surface area (Å²) < 4.78 is 30.7. The number of nitrogens with zero attached hydrogens (tertiary/aromatic N) is 2. The number of rotatable bonds is 10. The average Bonchev–Trinajstić information content (AvgIpc) is 2.83. The highest BCUT2D eigenvalue weighted by atomic mass is 32.2. The third-order valence-electron chi connectivity index (χ3n) is 3.55. The van der Waals surface area contributed by atoms with Crippen molar-refractivity contribution < 1.29 is 13.2 Å². The van der Waals surface area contributed by atoms with E-state index < -0.39 is 15.4 Å². The second-order valence-electron chi connectivity index (χ2n) is 5.63. The monoisotopic (exact) mass is 317 g/mol. The maximum atomic E-state index is 11.6. The zero-order valence-corrected chi connectivity index (χ0v) is 14.0. The molecule has 0 fully saturated rings. The van der Waals surface area contributed by atoms with Gasteiger partial charge in [0.2, 0.25) is 10.0 Å². The van der Waals surface area contributed by atoms with E-state index in [1.807, 2.05) is 27.0 Å². The van der Waals surface area contributed by atoms with E-state index in [0.29, 0.717) is 12.4 Å². The standard InChI is InChI=1S/C14H27N3O3S/c1-4-7-14(8-5-2,12-21(15,18)19)11-20-13-9-16-17(6-3)10-13/h9-10H,4-8,11-12H2,1-3H3,(H2,15,18,19). The molecule has 0 atom stereocenters. The quantitative estimate of drug-likeness (QED) is 0.716. The smallest absolute Gasteiger partial charge is 0.209 e. The summed E-state index contributed by atoms with van der Waals surface area (Å²) in [5, 5.41) is 9.43. The summed E-state index contributed by atoms with van der Waals surface area (Å²) in [6.45, 7) is 7.21. The van der Waals surface area contributed by atoms with Crippen LogP contribution in [0.4, 0.5) is 0 Å². The molecule has 122 valence electrons. The molecule has 0 spiro atoms. The highest BCUT2D eigenvalue weighted by Gasteiger charge is 2.34. The lowest BCUT2D eigenvalue weighted by Crippen LogP contribution is -2.38. The molecule has 7 heteroatoms. The molecule has 0 aliphatic carbocycles. The van der Waals surface area contributed by atoms with Crippen LogP contribution >= 0.6 is 0 Å². The van der Waals surface area contributed by atoms with Crippen LogP contribution in [-0.4, -0.2) is 30.6 Å². The van der Waals surface area contributed by atoms with Crippen molar-refractivity contribution in [3.8, 4) is 5.75 Å². The van der Waals surface area contributed by atoms with Crippen LogP contribution in [0.15, 0.2) is 12.4 Å². The van der Waals surface area contributed by atoms with Crippen LogP contribution in [0, 0.1) is 5.41 Å². The van der Waals surface area contributed by atoms with Gasteiger partial charge in [0.05, 0.1) is 24.8 Å².